The van der Waals surface area contributed by atoms with Crippen LogP contribution in [0.1, 0.15) is 43.8 Å². The molecule has 0 radical (unpaired) electrons. The zero-order valence-corrected chi connectivity index (χ0v) is 12.4. The van der Waals surface area contributed by atoms with Gasteiger partial charge in [-0.2, -0.15) is 0 Å². The molecule has 0 fully saturated rings. The van der Waals surface area contributed by atoms with E-state index in [-0.39, 0.29) is 11.6 Å². The predicted molar refractivity (Wildman–Crippen MR) is 77.9 cm³/mol. The number of aryl methyl sites for hydroxylation is 1. The van der Waals surface area contributed by atoms with Crippen molar-refractivity contribution < 1.29 is 5.11 Å². The number of nitrogens with one attached hydrogen (secondary N) is 1. The van der Waals surface area contributed by atoms with E-state index in [4.69, 9.17) is 0 Å². The largest absolute Gasteiger partial charge is 0.392 e. The van der Waals surface area contributed by atoms with Gasteiger partial charge in [-0.1, -0.05) is 13.0 Å². The molecule has 0 spiro atoms. The molecule has 0 aliphatic carbocycles. The molecule has 1 aromatic rings. The first-order valence-corrected chi connectivity index (χ1v) is 7.36. The van der Waals surface area contributed by atoms with Crippen molar-refractivity contribution in [3.8, 4) is 0 Å². The third kappa shape index (κ3) is 4.19. The molecule has 1 heterocycles. The molecule has 0 bridgehead atoms. The van der Waals surface area contributed by atoms with Crippen LogP contribution >= 0.6 is 11.3 Å². The molecular formula is C14H24N2OS. The Balaban J connectivity index is 2.57. The molecular weight excluding hydrogens is 244 g/mol. The van der Waals surface area contributed by atoms with Crippen LogP contribution < -0.4 is 5.32 Å². The van der Waals surface area contributed by atoms with E-state index >= 15 is 0 Å². The maximum absolute atomic E-state index is 9.86. The van der Waals surface area contributed by atoms with Crippen molar-refractivity contribution in [3.63, 3.8) is 0 Å². The van der Waals surface area contributed by atoms with Crippen LogP contribution in [0, 0.1) is 6.92 Å². The van der Waals surface area contributed by atoms with Crippen molar-refractivity contribution >= 4 is 11.3 Å². The van der Waals surface area contributed by atoms with Crippen LogP contribution in [-0.4, -0.2) is 22.7 Å². The van der Waals surface area contributed by atoms with Gasteiger partial charge in [-0.25, -0.2) is 4.98 Å². The first-order valence-electron chi connectivity index (χ1n) is 6.48. The highest BCUT2D eigenvalue weighted by molar-refractivity contribution is 7.09. The number of aliphatic hydroxyl groups is 1. The van der Waals surface area contributed by atoms with E-state index in [0.717, 1.165) is 30.0 Å². The highest BCUT2D eigenvalue weighted by Crippen LogP contribution is 2.27. The maximum atomic E-state index is 9.86. The monoisotopic (exact) mass is 268 g/mol. The number of aliphatic hydroxyl groups excluding tert-OH is 1. The highest BCUT2D eigenvalue weighted by Gasteiger charge is 2.27. The molecule has 0 aromatic carbocycles. The molecule has 3 nitrogen and oxygen atoms in total. The number of nitrogens with zero attached hydrogens (tertiary/aromatic N) is 1. The van der Waals surface area contributed by atoms with Crippen molar-refractivity contribution in [3.05, 3.63) is 28.7 Å². The number of aromatic nitrogens is 1. The lowest BCUT2D eigenvalue weighted by Crippen LogP contribution is -2.43. The predicted octanol–water partition coefficient (Wildman–Crippen LogP) is 2.99. The minimum absolute atomic E-state index is 0.145. The van der Waals surface area contributed by atoms with Crippen LogP contribution in [0.25, 0.3) is 0 Å². The molecule has 4 heteroatoms. The Morgan fingerprint density at radius 3 is 2.89 bits per heavy atom. The third-order valence-corrected chi connectivity index (χ3v) is 4.45. The second-order valence-corrected chi connectivity index (χ2v) is 5.74. The van der Waals surface area contributed by atoms with E-state index in [1.54, 1.807) is 11.3 Å². The van der Waals surface area contributed by atoms with Gasteiger partial charge in [0, 0.05) is 17.6 Å². The molecule has 2 atom stereocenters. The van der Waals surface area contributed by atoms with Crippen LogP contribution in [-0.2, 0) is 5.54 Å². The Morgan fingerprint density at radius 2 is 2.39 bits per heavy atom. The third-order valence-electron chi connectivity index (χ3n) is 3.23. The summed E-state index contributed by atoms with van der Waals surface area (Å²) in [5.74, 6) is 0. The van der Waals surface area contributed by atoms with E-state index in [0.29, 0.717) is 6.54 Å². The van der Waals surface area contributed by atoms with E-state index in [1.807, 2.05) is 13.0 Å². The Bertz CT molecular complexity index is 378. The van der Waals surface area contributed by atoms with Crippen LogP contribution in [0.2, 0.25) is 0 Å². The minimum atomic E-state index is -0.324. The lowest BCUT2D eigenvalue weighted by atomic mass is 9.99. The fraction of sp³-hybridized carbons (Fsp3) is 0.643. The summed E-state index contributed by atoms with van der Waals surface area (Å²) in [6, 6.07) is 0. The van der Waals surface area contributed by atoms with E-state index < -0.39 is 0 Å². The first kappa shape index (κ1) is 15.3. The Labute approximate surface area is 114 Å². The highest BCUT2D eigenvalue weighted by atomic mass is 32.1. The van der Waals surface area contributed by atoms with E-state index in [9.17, 15) is 5.11 Å². The lowest BCUT2D eigenvalue weighted by Gasteiger charge is -2.28. The summed E-state index contributed by atoms with van der Waals surface area (Å²) in [5, 5.41) is 16.5. The molecule has 2 unspecified atom stereocenters. The summed E-state index contributed by atoms with van der Waals surface area (Å²) < 4.78 is 0. The van der Waals surface area contributed by atoms with Gasteiger partial charge in [0.2, 0.25) is 0 Å². The molecule has 0 amide bonds. The molecule has 1 aromatic heterocycles. The SMILES string of the molecule is C=CCCC(O)CNC(C)(CC)c1nc(C)cs1. The zero-order chi connectivity index (χ0) is 13.6. The standard InChI is InChI=1S/C14H24N2OS/c1-5-7-8-12(17)9-15-14(4,6-2)13-16-11(3)10-18-13/h5,10,12,15,17H,1,6-9H2,2-4H3. The second kappa shape index (κ2) is 7.02. The van der Waals surface area contributed by atoms with Gasteiger partial charge >= 0.3 is 0 Å². The molecule has 0 saturated heterocycles. The van der Waals surface area contributed by atoms with Crippen LogP contribution in [0.3, 0.4) is 0 Å². The molecule has 0 aliphatic rings. The van der Waals surface area contributed by atoms with Gasteiger partial charge in [0.1, 0.15) is 5.01 Å². The quantitative estimate of drug-likeness (QED) is 0.712. The van der Waals surface area contributed by atoms with Crippen LogP contribution in [0.5, 0.6) is 0 Å². The summed E-state index contributed by atoms with van der Waals surface area (Å²) in [7, 11) is 0. The molecule has 0 saturated carbocycles. The summed E-state index contributed by atoms with van der Waals surface area (Å²) in [6.45, 7) is 10.6. The Hall–Kier alpha value is -0.710. The molecule has 18 heavy (non-hydrogen) atoms. The normalized spacial score (nSPS) is 16.2. The van der Waals surface area contributed by atoms with Crippen LogP contribution in [0.15, 0.2) is 18.0 Å². The van der Waals surface area contributed by atoms with Crippen molar-refractivity contribution in [2.45, 2.75) is 51.7 Å². The molecule has 102 valence electrons. The minimum Gasteiger partial charge on any atom is -0.392 e. The van der Waals surface area contributed by atoms with Crippen molar-refractivity contribution in [2.75, 3.05) is 6.54 Å². The average Bonchev–Trinajstić information content (AvgIpc) is 2.80. The number of thiazole rings is 1. The van der Waals surface area contributed by atoms with Gasteiger partial charge in [-0.3, -0.25) is 0 Å². The fourth-order valence-corrected chi connectivity index (χ4v) is 2.72. The average molecular weight is 268 g/mol. The van der Waals surface area contributed by atoms with Crippen LogP contribution in [0.4, 0.5) is 0 Å². The molecule has 2 N–H and O–H groups in total. The van der Waals surface area contributed by atoms with Gasteiger partial charge in [0.05, 0.1) is 11.6 Å². The Kier molecular flexibility index (Phi) is 5.99. The number of rotatable bonds is 8. The van der Waals surface area contributed by atoms with Crippen molar-refractivity contribution in [1.29, 1.82) is 0 Å². The number of hydrogen-bond donors (Lipinski definition) is 2. The second-order valence-electron chi connectivity index (χ2n) is 4.88. The lowest BCUT2D eigenvalue weighted by molar-refractivity contribution is 0.147. The fourth-order valence-electron chi connectivity index (χ4n) is 1.71. The smallest absolute Gasteiger partial charge is 0.113 e. The van der Waals surface area contributed by atoms with Crippen molar-refractivity contribution in [2.24, 2.45) is 0 Å². The molecule has 1 rings (SSSR count). The van der Waals surface area contributed by atoms with Crippen molar-refractivity contribution in [1.82, 2.24) is 10.3 Å². The van der Waals surface area contributed by atoms with Gasteiger partial charge < -0.3 is 10.4 Å². The van der Waals surface area contributed by atoms with E-state index in [2.05, 4.69) is 36.1 Å². The summed E-state index contributed by atoms with van der Waals surface area (Å²) in [5.41, 5.74) is 0.914. The van der Waals surface area contributed by atoms with Gasteiger partial charge in [0.15, 0.2) is 0 Å². The zero-order valence-electron chi connectivity index (χ0n) is 11.6. The van der Waals surface area contributed by atoms with Gasteiger partial charge in [0.25, 0.3) is 0 Å². The first-order chi connectivity index (χ1) is 8.51. The molecule has 0 aliphatic heterocycles. The van der Waals surface area contributed by atoms with Gasteiger partial charge in [-0.05, 0) is 33.1 Å². The topological polar surface area (TPSA) is 45.1 Å². The summed E-state index contributed by atoms with van der Waals surface area (Å²) >= 11 is 1.68. The summed E-state index contributed by atoms with van der Waals surface area (Å²) in [4.78, 5) is 4.55. The maximum Gasteiger partial charge on any atom is 0.113 e. The summed E-state index contributed by atoms with van der Waals surface area (Å²) in [6.07, 6.45) is 4.07. The number of allylic oxidation sites excluding steroid dienone is 1. The Morgan fingerprint density at radius 1 is 1.67 bits per heavy atom. The van der Waals surface area contributed by atoms with E-state index in [1.165, 1.54) is 0 Å². The van der Waals surface area contributed by atoms with Gasteiger partial charge in [-0.15, -0.1) is 17.9 Å². The number of hydrogen-bond acceptors (Lipinski definition) is 4.